The Labute approximate surface area is 113 Å². The molecule has 1 aromatic carbocycles. The van der Waals surface area contributed by atoms with Crippen LogP contribution >= 0.6 is 0 Å². The average molecular weight is 263 g/mol. The second kappa shape index (κ2) is 7.41. The smallest absolute Gasteiger partial charge is 0.251 e. The van der Waals surface area contributed by atoms with Gasteiger partial charge in [-0.2, -0.15) is 0 Å². The first kappa shape index (κ1) is 15.0. The minimum absolute atomic E-state index is 0.00562. The van der Waals surface area contributed by atoms with Crippen LogP contribution in [0.15, 0.2) is 18.2 Å². The molecule has 0 saturated heterocycles. The molecule has 0 bridgehead atoms. The maximum absolute atomic E-state index is 11.9. The summed E-state index contributed by atoms with van der Waals surface area (Å²) in [7, 11) is 1.83. The number of carbonyl (C=O) groups is 2. The van der Waals surface area contributed by atoms with Crippen LogP contribution in [0.4, 0.5) is 5.69 Å². The Morgan fingerprint density at radius 3 is 2.53 bits per heavy atom. The second-order valence-corrected chi connectivity index (χ2v) is 4.31. The third-order valence-corrected chi connectivity index (χ3v) is 2.74. The Morgan fingerprint density at radius 2 is 1.95 bits per heavy atom. The summed E-state index contributed by atoms with van der Waals surface area (Å²) < 4.78 is 0. The Hall–Kier alpha value is -2.04. The number of amides is 2. The summed E-state index contributed by atoms with van der Waals surface area (Å²) in [5.41, 5.74) is 2.53. The third-order valence-electron chi connectivity index (χ3n) is 2.74. The summed E-state index contributed by atoms with van der Waals surface area (Å²) in [6.07, 6.45) is 0.879. The van der Waals surface area contributed by atoms with Gasteiger partial charge in [0.2, 0.25) is 5.91 Å². The number of rotatable bonds is 6. The molecule has 0 unspecified atom stereocenters. The van der Waals surface area contributed by atoms with Gasteiger partial charge in [0.1, 0.15) is 0 Å². The van der Waals surface area contributed by atoms with Crippen molar-refractivity contribution in [2.45, 2.75) is 20.3 Å². The van der Waals surface area contributed by atoms with E-state index in [4.69, 9.17) is 0 Å². The highest BCUT2D eigenvalue weighted by atomic mass is 16.2. The second-order valence-electron chi connectivity index (χ2n) is 4.31. The van der Waals surface area contributed by atoms with Crippen molar-refractivity contribution in [3.8, 4) is 0 Å². The maximum Gasteiger partial charge on any atom is 0.251 e. The molecule has 0 aliphatic carbocycles. The fourth-order valence-electron chi connectivity index (χ4n) is 1.67. The molecule has 2 amide bonds. The first-order valence-corrected chi connectivity index (χ1v) is 6.41. The SMILES string of the molecule is CCCNC(=O)CNC(=O)c1ccc(NC)c(C)c1. The van der Waals surface area contributed by atoms with Crippen LogP contribution in [-0.2, 0) is 4.79 Å². The number of anilines is 1. The van der Waals surface area contributed by atoms with Gasteiger partial charge in [-0.05, 0) is 37.1 Å². The Bertz CT molecular complexity index is 458. The monoisotopic (exact) mass is 263 g/mol. The Kier molecular flexibility index (Phi) is 5.85. The molecule has 104 valence electrons. The summed E-state index contributed by atoms with van der Waals surface area (Å²) in [5.74, 6) is -0.406. The lowest BCUT2D eigenvalue weighted by molar-refractivity contribution is -0.120. The fourth-order valence-corrected chi connectivity index (χ4v) is 1.67. The topological polar surface area (TPSA) is 70.2 Å². The molecule has 0 aliphatic rings. The van der Waals surface area contributed by atoms with Crippen LogP contribution in [0.25, 0.3) is 0 Å². The van der Waals surface area contributed by atoms with Crippen LogP contribution in [0, 0.1) is 6.92 Å². The van der Waals surface area contributed by atoms with Crippen LogP contribution < -0.4 is 16.0 Å². The fraction of sp³-hybridized carbons (Fsp3) is 0.429. The van der Waals surface area contributed by atoms with Crippen LogP contribution in [-0.4, -0.2) is 32.0 Å². The van der Waals surface area contributed by atoms with Crippen LogP contribution in [0.2, 0.25) is 0 Å². The predicted molar refractivity (Wildman–Crippen MR) is 76.4 cm³/mol. The van der Waals surface area contributed by atoms with Crippen LogP contribution in [0.5, 0.6) is 0 Å². The lowest BCUT2D eigenvalue weighted by Crippen LogP contribution is -2.37. The number of hydrogen-bond donors (Lipinski definition) is 3. The van der Waals surface area contributed by atoms with Crippen molar-refractivity contribution in [2.24, 2.45) is 0 Å². The lowest BCUT2D eigenvalue weighted by Gasteiger charge is -2.09. The third kappa shape index (κ3) is 4.62. The quantitative estimate of drug-likeness (QED) is 0.724. The summed E-state index contributed by atoms with van der Waals surface area (Å²) in [6.45, 7) is 4.54. The van der Waals surface area contributed by atoms with E-state index < -0.39 is 0 Å². The van der Waals surface area contributed by atoms with Gasteiger partial charge >= 0.3 is 0 Å². The summed E-state index contributed by atoms with van der Waals surface area (Å²) in [4.78, 5) is 23.2. The molecule has 0 aromatic heterocycles. The van der Waals surface area contributed by atoms with E-state index in [0.29, 0.717) is 12.1 Å². The Morgan fingerprint density at radius 1 is 1.21 bits per heavy atom. The van der Waals surface area contributed by atoms with Gasteiger partial charge in [0.15, 0.2) is 0 Å². The molecule has 0 aliphatic heterocycles. The molecular weight excluding hydrogens is 242 g/mol. The number of nitrogens with one attached hydrogen (secondary N) is 3. The van der Waals surface area contributed by atoms with E-state index in [0.717, 1.165) is 17.7 Å². The minimum Gasteiger partial charge on any atom is -0.388 e. The number of aryl methyl sites for hydroxylation is 1. The zero-order valence-electron chi connectivity index (χ0n) is 11.7. The van der Waals surface area contributed by atoms with E-state index >= 15 is 0 Å². The van der Waals surface area contributed by atoms with E-state index in [1.165, 1.54) is 0 Å². The van der Waals surface area contributed by atoms with Gasteiger partial charge in [-0.25, -0.2) is 0 Å². The molecule has 0 heterocycles. The van der Waals surface area contributed by atoms with Gasteiger partial charge in [-0.3, -0.25) is 9.59 Å². The zero-order valence-corrected chi connectivity index (χ0v) is 11.7. The Balaban J connectivity index is 2.54. The molecule has 5 nitrogen and oxygen atoms in total. The standard InChI is InChI=1S/C14H21N3O2/c1-4-7-16-13(18)9-17-14(19)11-5-6-12(15-3)10(2)8-11/h5-6,8,15H,4,7,9H2,1-3H3,(H,16,18)(H,17,19). The van der Waals surface area contributed by atoms with Crippen molar-refractivity contribution >= 4 is 17.5 Å². The molecule has 19 heavy (non-hydrogen) atoms. The highest BCUT2D eigenvalue weighted by Gasteiger charge is 2.08. The first-order chi connectivity index (χ1) is 9.08. The van der Waals surface area contributed by atoms with Crippen LogP contribution in [0.1, 0.15) is 29.3 Å². The summed E-state index contributed by atoms with van der Waals surface area (Å²) in [6, 6.07) is 5.38. The number of carbonyl (C=O) groups excluding carboxylic acids is 2. The highest BCUT2D eigenvalue weighted by Crippen LogP contribution is 2.15. The first-order valence-electron chi connectivity index (χ1n) is 6.41. The van der Waals surface area contributed by atoms with Crippen LogP contribution in [0.3, 0.4) is 0 Å². The zero-order chi connectivity index (χ0) is 14.3. The van der Waals surface area contributed by atoms with Gasteiger partial charge in [0, 0.05) is 24.8 Å². The lowest BCUT2D eigenvalue weighted by atomic mass is 10.1. The maximum atomic E-state index is 11.9. The van der Waals surface area contributed by atoms with E-state index in [2.05, 4.69) is 16.0 Å². The largest absolute Gasteiger partial charge is 0.388 e. The normalized spacial score (nSPS) is 9.84. The van der Waals surface area contributed by atoms with E-state index in [9.17, 15) is 9.59 Å². The van der Waals surface area contributed by atoms with Crippen molar-refractivity contribution < 1.29 is 9.59 Å². The molecule has 5 heteroatoms. The van der Waals surface area contributed by atoms with Gasteiger partial charge < -0.3 is 16.0 Å². The van der Waals surface area contributed by atoms with Gasteiger partial charge in [0.25, 0.3) is 5.91 Å². The van der Waals surface area contributed by atoms with Crippen molar-refractivity contribution in [1.82, 2.24) is 10.6 Å². The summed E-state index contributed by atoms with van der Waals surface area (Å²) in [5, 5.41) is 8.35. The van der Waals surface area contributed by atoms with Crippen molar-refractivity contribution in [2.75, 3.05) is 25.5 Å². The van der Waals surface area contributed by atoms with E-state index in [1.807, 2.05) is 27.0 Å². The molecule has 0 radical (unpaired) electrons. The molecule has 3 N–H and O–H groups in total. The number of benzene rings is 1. The predicted octanol–water partition coefficient (Wildman–Crippen LogP) is 1.29. The van der Waals surface area contributed by atoms with Gasteiger partial charge in [-0.1, -0.05) is 6.92 Å². The van der Waals surface area contributed by atoms with Crippen molar-refractivity contribution in [3.63, 3.8) is 0 Å². The molecule has 0 fully saturated rings. The highest BCUT2D eigenvalue weighted by molar-refractivity contribution is 5.97. The van der Waals surface area contributed by atoms with Gasteiger partial charge in [0.05, 0.1) is 6.54 Å². The minimum atomic E-state index is -0.239. The average Bonchev–Trinajstić information content (AvgIpc) is 2.42. The van der Waals surface area contributed by atoms with Crippen molar-refractivity contribution in [3.05, 3.63) is 29.3 Å². The molecular formula is C14H21N3O2. The summed E-state index contributed by atoms with van der Waals surface area (Å²) >= 11 is 0. The molecule has 0 atom stereocenters. The molecule has 1 rings (SSSR count). The van der Waals surface area contributed by atoms with E-state index in [-0.39, 0.29) is 18.4 Å². The molecule has 0 saturated carbocycles. The van der Waals surface area contributed by atoms with Crippen molar-refractivity contribution in [1.29, 1.82) is 0 Å². The van der Waals surface area contributed by atoms with Gasteiger partial charge in [-0.15, -0.1) is 0 Å². The van der Waals surface area contributed by atoms with E-state index in [1.54, 1.807) is 12.1 Å². The number of hydrogen-bond acceptors (Lipinski definition) is 3. The molecule has 1 aromatic rings. The molecule has 0 spiro atoms.